The molecule has 0 spiro atoms. The third kappa shape index (κ3) is 3.76. The van der Waals surface area contributed by atoms with E-state index < -0.39 is 0 Å². The quantitative estimate of drug-likeness (QED) is 0.642. The fraction of sp³-hybridized carbons (Fsp3) is 0.917. The molecular weight excluding hydrogens is 204 g/mol. The number of carbonyl (C=O) groups excluding carboxylic acids is 1. The molecular formula is C12H24N2O2. The topological polar surface area (TPSA) is 61.4 Å². The Morgan fingerprint density at radius 3 is 2.56 bits per heavy atom. The molecule has 4 heteroatoms. The number of hydrogen-bond acceptors (Lipinski definition) is 3. The van der Waals surface area contributed by atoms with Gasteiger partial charge < -0.3 is 15.7 Å². The third-order valence-corrected chi connectivity index (χ3v) is 3.67. The van der Waals surface area contributed by atoms with Gasteiger partial charge in [0.1, 0.15) is 0 Å². The van der Waals surface area contributed by atoms with Gasteiger partial charge in [0.05, 0.1) is 6.04 Å². The van der Waals surface area contributed by atoms with Crippen LogP contribution in [0.4, 0.5) is 0 Å². The van der Waals surface area contributed by atoms with E-state index in [1.807, 2.05) is 6.92 Å². The smallest absolute Gasteiger partial charge is 0.236 e. The molecule has 1 saturated carbocycles. The average Bonchev–Trinajstić information content (AvgIpc) is 2.35. The molecule has 1 amide bonds. The maximum absolute atomic E-state index is 11.6. The standard InChI is InChI=1S/C12H24N2O2/c1-9(13-2)12(16)14-7-10-5-3-4-6-11(10)8-15/h9-11,13,15H,3-8H2,1-2H3,(H,14,16). The van der Waals surface area contributed by atoms with E-state index in [2.05, 4.69) is 10.6 Å². The summed E-state index contributed by atoms with van der Waals surface area (Å²) in [5.74, 6) is 0.871. The van der Waals surface area contributed by atoms with E-state index in [9.17, 15) is 9.90 Å². The highest BCUT2D eigenvalue weighted by molar-refractivity contribution is 5.81. The zero-order chi connectivity index (χ0) is 12.0. The van der Waals surface area contributed by atoms with Gasteiger partial charge in [-0.3, -0.25) is 4.79 Å². The second-order valence-corrected chi connectivity index (χ2v) is 4.74. The molecule has 0 aromatic heterocycles. The van der Waals surface area contributed by atoms with Crippen molar-refractivity contribution in [3.8, 4) is 0 Å². The van der Waals surface area contributed by atoms with Crippen molar-refractivity contribution in [2.45, 2.75) is 38.6 Å². The predicted octanol–water partition coefficient (Wildman–Crippen LogP) is 0.509. The summed E-state index contributed by atoms with van der Waals surface area (Å²) in [4.78, 5) is 11.6. The minimum absolute atomic E-state index is 0.0461. The van der Waals surface area contributed by atoms with Crippen LogP contribution in [0.1, 0.15) is 32.6 Å². The first kappa shape index (κ1) is 13.5. The molecule has 0 bridgehead atoms. The van der Waals surface area contributed by atoms with Crippen molar-refractivity contribution < 1.29 is 9.90 Å². The molecule has 0 heterocycles. The Balaban J connectivity index is 2.32. The van der Waals surface area contributed by atoms with E-state index in [0.717, 1.165) is 12.8 Å². The first-order valence-electron chi connectivity index (χ1n) is 6.24. The van der Waals surface area contributed by atoms with E-state index in [0.29, 0.717) is 18.4 Å². The van der Waals surface area contributed by atoms with Gasteiger partial charge in [-0.1, -0.05) is 12.8 Å². The summed E-state index contributed by atoms with van der Waals surface area (Å²) in [5.41, 5.74) is 0. The van der Waals surface area contributed by atoms with E-state index in [4.69, 9.17) is 0 Å². The maximum atomic E-state index is 11.6. The lowest BCUT2D eigenvalue weighted by Crippen LogP contribution is -2.43. The molecule has 3 atom stereocenters. The van der Waals surface area contributed by atoms with Crippen LogP contribution in [-0.2, 0) is 4.79 Å². The Bertz CT molecular complexity index is 221. The highest BCUT2D eigenvalue weighted by atomic mass is 16.3. The minimum Gasteiger partial charge on any atom is -0.396 e. The van der Waals surface area contributed by atoms with Gasteiger partial charge in [-0.15, -0.1) is 0 Å². The predicted molar refractivity (Wildman–Crippen MR) is 64.1 cm³/mol. The van der Waals surface area contributed by atoms with E-state index in [1.54, 1.807) is 7.05 Å². The number of aliphatic hydroxyl groups is 1. The normalized spacial score (nSPS) is 27.4. The lowest BCUT2D eigenvalue weighted by Gasteiger charge is -2.30. The fourth-order valence-electron chi connectivity index (χ4n) is 2.31. The number of amides is 1. The number of nitrogens with one attached hydrogen (secondary N) is 2. The lowest BCUT2D eigenvalue weighted by atomic mass is 9.79. The number of aliphatic hydroxyl groups excluding tert-OH is 1. The van der Waals surface area contributed by atoms with E-state index in [1.165, 1.54) is 12.8 Å². The molecule has 0 aromatic carbocycles. The Hall–Kier alpha value is -0.610. The van der Waals surface area contributed by atoms with Crippen LogP contribution in [0.3, 0.4) is 0 Å². The molecule has 94 valence electrons. The van der Waals surface area contributed by atoms with Crippen molar-refractivity contribution in [2.24, 2.45) is 11.8 Å². The Morgan fingerprint density at radius 2 is 2.00 bits per heavy atom. The van der Waals surface area contributed by atoms with Crippen molar-refractivity contribution >= 4 is 5.91 Å². The number of likely N-dealkylation sites (N-methyl/N-ethyl adjacent to an activating group) is 1. The molecule has 3 unspecified atom stereocenters. The molecule has 1 aliphatic carbocycles. The number of rotatable bonds is 5. The minimum atomic E-state index is -0.142. The van der Waals surface area contributed by atoms with Crippen molar-refractivity contribution in [1.29, 1.82) is 0 Å². The molecule has 0 saturated heterocycles. The summed E-state index contributed by atoms with van der Waals surface area (Å²) in [5, 5.41) is 15.1. The summed E-state index contributed by atoms with van der Waals surface area (Å²) in [7, 11) is 1.78. The van der Waals surface area contributed by atoms with Crippen LogP contribution in [0.5, 0.6) is 0 Å². The third-order valence-electron chi connectivity index (χ3n) is 3.67. The largest absolute Gasteiger partial charge is 0.396 e. The molecule has 1 fully saturated rings. The van der Waals surface area contributed by atoms with Crippen molar-refractivity contribution in [1.82, 2.24) is 10.6 Å². The zero-order valence-electron chi connectivity index (χ0n) is 10.3. The van der Waals surface area contributed by atoms with Crippen LogP contribution >= 0.6 is 0 Å². The summed E-state index contributed by atoms with van der Waals surface area (Å²) < 4.78 is 0. The summed E-state index contributed by atoms with van der Waals surface area (Å²) in [6, 6.07) is -0.142. The Morgan fingerprint density at radius 1 is 1.38 bits per heavy atom. The van der Waals surface area contributed by atoms with Gasteiger partial charge in [0, 0.05) is 13.2 Å². The molecule has 0 aromatic rings. The molecule has 1 aliphatic rings. The lowest BCUT2D eigenvalue weighted by molar-refractivity contribution is -0.123. The Kier molecular flexibility index (Phi) is 5.77. The molecule has 16 heavy (non-hydrogen) atoms. The van der Waals surface area contributed by atoms with Crippen LogP contribution in [0, 0.1) is 11.8 Å². The highest BCUT2D eigenvalue weighted by Crippen LogP contribution is 2.28. The number of carbonyl (C=O) groups is 1. The van der Waals surface area contributed by atoms with Gasteiger partial charge in [0.25, 0.3) is 0 Å². The van der Waals surface area contributed by atoms with Gasteiger partial charge in [-0.2, -0.15) is 0 Å². The number of hydrogen-bond donors (Lipinski definition) is 3. The molecule has 4 nitrogen and oxygen atoms in total. The molecule has 0 radical (unpaired) electrons. The monoisotopic (exact) mass is 228 g/mol. The van der Waals surface area contributed by atoms with Gasteiger partial charge in [0.15, 0.2) is 0 Å². The highest BCUT2D eigenvalue weighted by Gasteiger charge is 2.25. The van der Waals surface area contributed by atoms with Crippen LogP contribution in [0.15, 0.2) is 0 Å². The Labute approximate surface area is 97.8 Å². The second-order valence-electron chi connectivity index (χ2n) is 4.74. The van der Waals surface area contributed by atoms with Crippen molar-refractivity contribution in [3.63, 3.8) is 0 Å². The van der Waals surface area contributed by atoms with Crippen LogP contribution in [-0.4, -0.2) is 37.3 Å². The first-order valence-corrected chi connectivity index (χ1v) is 6.24. The first-order chi connectivity index (χ1) is 7.69. The molecule has 1 rings (SSSR count). The van der Waals surface area contributed by atoms with Crippen LogP contribution in [0.25, 0.3) is 0 Å². The SMILES string of the molecule is CNC(C)C(=O)NCC1CCCCC1CO. The average molecular weight is 228 g/mol. The summed E-state index contributed by atoms with van der Waals surface area (Å²) >= 11 is 0. The van der Waals surface area contributed by atoms with E-state index in [-0.39, 0.29) is 18.6 Å². The summed E-state index contributed by atoms with van der Waals surface area (Å²) in [6.45, 7) is 2.80. The van der Waals surface area contributed by atoms with Gasteiger partial charge in [-0.25, -0.2) is 0 Å². The van der Waals surface area contributed by atoms with E-state index >= 15 is 0 Å². The van der Waals surface area contributed by atoms with Gasteiger partial charge in [0.2, 0.25) is 5.91 Å². The van der Waals surface area contributed by atoms with Crippen molar-refractivity contribution in [3.05, 3.63) is 0 Å². The maximum Gasteiger partial charge on any atom is 0.236 e. The molecule has 3 N–H and O–H groups in total. The van der Waals surface area contributed by atoms with Gasteiger partial charge in [-0.05, 0) is 38.6 Å². The zero-order valence-corrected chi connectivity index (χ0v) is 10.3. The second kappa shape index (κ2) is 6.86. The van der Waals surface area contributed by atoms with Crippen molar-refractivity contribution in [2.75, 3.05) is 20.2 Å². The van der Waals surface area contributed by atoms with Crippen LogP contribution in [0.2, 0.25) is 0 Å². The molecule has 0 aliphatic heterocycles. The van der Waals surface area contributed by atoms with Gasteiger partial charge >= 0.3 is 0 Å². The fourth-order valence-corrected chi connectivity index (χ4v) is 2.31. The summed E-state index contributed by atoms with van der Waals surface area (Å²) in [6.07, 6.45) is 4.65. The van der Waals surface area contributed by atoms with Crippen LogP contribution < -0.4 is 10.6 Å².